The van der Waals surface area contributed by atoms with Gasteiger partial charge in [-0.2, -0.15) is 4.98 Å². The molecule has 0 aliphatic carbocycles. The van der Waals surface area contributed by atoms with Gasteiger partial charge in [0.2, 0.25) is 11.9 Å². The van der Waals surface area contributed by atoms with Crippen molar-refractivity contribution < 1.29 is 4.79 Å². The summed E-state index contributed by atoms with van der Waals surface area (Å²) in [6.07, 6.45) is 3.09. The molecule has 7 heteroatoms. The number of hydrogen-bond donors (Lipinski definition) is 3. The Labute approximate surface area is 134 Å². The van der Waals surface area contributed by atoms with Crippen molar-refractivity contribution in [2.24, 2.45) is 0 Å². The minimum absolute atomic E-state index is 0.0343. The third-order valence-electron chi connectivity index (χ3n) is 3.55. The Morgan fingerprint density at radius 2 is 2.23 bits per heavy atom. The summed E-state index contributed by atoms with van der Waals surface area (Å²) in [5, 5.41) is 8.35. The number of aromatic nitrogens is 2. The van der Waals surface area contributed by atoms with E-state index in [1.54, 1.807) is 11.3 Å². The Morgan fingerprint density at radius 3 is 2.91 bits per heavy atom. The Kier molecular flexibility index (Phi) is 5.18. The van der Waals surface area contributed by atoms with Crippen LogP contribution in [0.3, 0.4) is 0 Å². The molecule has 0 spiro atoms. The molecule has 2 rings (SSSR count). The lowest BCUT2D eigenvalue weighted by atomic mass is 9.94. The summed E-state index contributed by atoms with van der Waals surface area (Å²) in [6, 6.07) is 1.93. The topological polar surface area (TPSA) is 92.9 Å². The molecule has 0 aromatic carbocycles. The summed E-state index contributed by atoms with van der Waals surface area (Å²) in [4.78, 5) is 19.8. The maximum atomic E-state index is 11.3. The zero-order chi connectivity index (χ0) is 16.2. The first-order valence-electron chi connectivity index (χ1n) is 7.47. The lowest BCUT2D eigenvalue weighted by Crippen LogP contribution is -2.46. The number of nitrogens with two attached hydrogens (primary N) is 1. The van der Waals surface area contributed by atoms with Crippen LogP contribution in [0.5, 0.6) is 0 Å². The van der Waals surface area contributed by atoms with Gasteiger partial charge in [0.15, 0.2) is 0 Å². The van der Waals surface area contributed by atoms with Crippen molar-refractivity contribution in [3.8, 4) is 0 Å². The van der Waals surface area contributed by atoms with E-state index in [1.807, 2.05) is 11.4 Å². The van der Waals surface area contributed by atoms with Gasteiger partial charge < -0.3 is 16.4 Å². The van der Waals surface area contributed by atoms with Gasteiger partial charge in [0, 0.05) is 13.5 Å². The van der Waals surface area contributed by atoms with Crippen LogP contribution in [-0.2, 0) is 4.79 Å². The zero-order valence-electron chi connectivity index (χ0n) is 13.3. The van der Waals surface area contributed by atoms with Crippen molar-refractivity contribution in [1.29, 1.82) is 0 Å². The van der Waals surface area contributed by atoms with Gasteiger partial charge in [0.1, 0.15) is 5.82 Å². The molecule has 0 fully saturated rings. The number of rotatable bonds is 7. The molecule has 0 saturated carbocycles. The molecule has 0 aliphatic rings. The number of nitrogens with zero attached hydrogens (tertiary/aromatic N) is 2. The maximum absolute atomic E-state index is 11.3. The second-order valence-electron chi connectivity index (χ2n) is 5.76. The minimum Gasteiger partial charge on any atom is -0.368 e. The van der Waals surface area contributed by atoms with Crippen molar-refractivity contribution in [2.75, 3.05) is 17.6 Å². The number of unbranched alkanes of at least 4 members (excludes halogenated alkanes) is 1. The van der Waals surface area contributed by atoms with E-state index in [2.05, 4.69) is 34.4 Å². The molecule has 120 valence electrons. The fourth-order valence-corrected chi connectivity index (χ4v) is 3.11. The van der Waals surface area contributed by atoms with Crippen LogP contribution in [0.1, 0.15) is 40.0 Å². The second-order valence-corrected chi connectivity index (χ2v) is 6.68. The fourth-order valence-electron chi connectivity index (χ4n) is 2.33. The number of nitrogens with one attached hydrogen (secondary N) is 2. The highest BCUT2D eigenvalue weighted by molar-refractivity contribution is 7.17. The monoisotopic (exact) mass is 321 g/mol. The largest absolute Gasteiger partial charge is 0.368 e. The van der Waals surface area contributed by atoms with Gasteiger partial charge in [0.05, 0.1) is 15.8 Å². The molecule has 1 amide bonds. The first-order chi connectivity index (χ1) is 10.4. The summed E-state index contributed by atoms with van der Waals surface area (Å²) in [5.41, 5.74) is 6.36. The van der Waals surface area contributed by atoms with Gasteiger partial charge in [-0.1, -0.05) is 19.8 Å². The number of nitrogen functional groups attached to an aromatic ring is 1. The van der Waals surface area contributed by atoms with Crippen LogP contribution in [0.25, 0.3) is 10.2 Å². The SMILES string of the molecule is CCCCC(C)(CNC(C)=O)Nc1nc(N)nc2ccsc12. The Balaban J connectivity index is 2.27. The predicted octanol–water partition coefficient (Wildman–Crippen LogP) is 2.77. The average molecular weight is 321 g/mol. The van der Waals surface area contributed by atoms with E-state index < -0.39 is 0 Å². The van der Waals surface area contributed by atoms with Crippen LogP contribution in [0.4, 0.5) is 11.8 Å². The van der Waals surface area contributed by atoms with Gasteiger partial charge in [0.25, 0.3) is 0 Å². The van der Waals surface area contributed by atoms with Crippen molar-refractivity contribution in [3.05, 3.63) is 11.4 Å². The number of hydrogen-bond acceptors (Lipinski definition) is 6. The van der Waals surface area contributed by atoms with Crippen LogP contribution >= 0.6 is 11.3 Å². The number of carbonyl (C=O) groups is 1. The van der Waals surface area contributed by atoms with Crippen LogP contribution in [-0.4, -0.2) is 28.0 Å². The highest BCUT2D eigenvalue weighted by atomic mass is 32.1. The van der Waals surface area contributed by atoms with Crippen molar-refractivity contribution in [3.63, 3.8) is 0 Å². The molecule has 0 bridgehead atoms. The summed E-state index contributed by atoms with van der Waals surface area (Å²) in [7, 11) is 0. The summed E-state index contributed by atoms with van der Waals surface area (Å²) in [6.45, 7) is 6.31. The van der Waals surface area contributed by atoms with Crippen molar-refractivity contribution >= 4 is 39.2 Å². The van der Waals surface area contributed by atoms with Gasteiger partial charge in [-0.25, -0.2) is 4.98 Å². The van der Waals surface area contributed by atoms with Crippen molar-refractivity contribution in [2.45, 2.75) is 45.6 Å². The molecule has 0 saturated heterocycles. The molecule has 0 radical (unpaired) electrons. The second kappa shape index (κ2) is 6.91. The number of amides is 1. The Morgan fingerprint density at radius 1 is 1.45 bits per heavy atom. The third-order valence-corrected chi connectivity index (χ3v) is 4.46. The molecule has 2 heterocycles. The molecular formula is C15H23N5OS. The Bertz CT molecular complexity index is 656. The molecule has 4 N–H and O–H groups in total. The standard InChI is InChI=1S/C15H23N5OS/c1-4-5-7-15(3,9-17-10(2)21)20-13-12-11(6-8-22-12)18-14(16)19-13/h6,8H,4-5,7,9H2,1-3H3,(H,17,21)(H3,16,18,19,20). The van der Waals surface area contributed by atoms with E-state index in [9.17, 15) is 4.79 Å². The zero-order valence-corrected chi connectivity index (χ0v) is 14.1. The first kappa shape index (κ1) is 16.5. The summed E-state index contributed by atoms with van der Waals surface area (Å²) in [5.74, 6) is 0.959. The summed E-state index contributed by atoms with van der Waals surface area (Å²) < 4.78 is 0.986. The lowest BCUT2D eigenvalue weighted by molar-refractivity contribution is -0.119. The van der Waals surface area contributed by atoms with E-state index in [0.717, 1.165) is 35.3 Å². The van der Waals surface area contributed by atoms with Gasteiger partial charge in [-0.05, 0) is 24.8 Å². The predicted molar refractivity (Wildman–Crippen MR) is 92.1 cm³/mol. The molecule has 6 nitrogen and oxygen atoms in total. The van der Waals surface area contributed by atoms with Gasteiger partial charge in [-0.3, -0.25) is 4.79 Å². The highest BCUT2D eigenvalue weighted by Gasteiger charge is 2.25. The highest BCUT2D eigenvalue weighted by Crippen LogP contribution is 2.30. The number of anilines is 2. The van der Waals surface area contributed by atoms with Crippen molar-refractivity contribution in [1.82, 2.24) is 15.3 Å². The lowest BCUT2D eigenvalue weighted by Gasteiger charge is -2.32. The molecule has 0 aliphatic heterocycles. The minimum atomic E-state index is -0.278. The number of carbonyl (C=O) groups excluding carboxylic acids is 1. The molecule has 2 aromatic heterocycles. The molecule has 1 unspecified atom stereocenters. The molecular weight excluding hydrogens is 298 g/mol. The van der Waals surface area contributed by atoms with E-state index in [1.165, 1.54) is 6.92 Å². The molecule has 2 aromatic rings. The van der Waals surface area contributed by atoms with E-state index in [0.29, 0.717) is 6.54 Å². The number of fused-ring (bicyclic) bond motifs is 1. The third kappa shape index (κ3) is 4.07. The smallest absolute Gasteiger partial charge is 0.222 e. The number of thiophene rings is 1. The van der Waals surface area contributed by atoms with Crippen LogP contribution in [0.2, 0.25) is 0 Å². The van der Waals surface area contributed by atoms with E-state index in [-0.39, 0.29) is 17.4 Å². The van der Waals surface area contributed by atoms with E-state index in [4.69, 9.17) is 5.73 Å². The summed E-state index contributed by atoms with van der Waals surface area (Å²) >= 11 is 1.58. The maximum Gasteiger partial charge on any atom is 0.222 e. The van der Waals surface area contributed by atoms with Gasteiger partial charge >= 0.3 is 0 Å². The van der Waals surface area contributed by atoms with Crippen LogP contribution in [0, 0.1) is 0 Å². The van der Waals surface area contributed by atoms with Crippen LogP contribution < -0.4 is 16.4 Å². The Hall–Kier alpha value is -1.89. The molecule has 22 heavy (non-hydrogen) atoms. The van der Waals surface area contributed by atoms with Crippen LogP contribution in [0.15, 0.2) is 11.4 Å². The normalized spacial score (nSPS) is 13.8. The quantitative estimate of drug-likeness (QED) is 0.729. The fraction of sp³-hybridized carbons (Fsp3) is 0.533. The van der Waals surface area contributed by atoms with E-state index >= 15 is 0 Å². The van der Waals surface area contributed by atoms with Gasteiger partial charge in [-0.15, -0.1) is 11.3 Å². The first-order valence-corrected chi connectivity index (χ1v) is 8.35. The average Bonchev–Trinajstić information content (AvgIpc) is 2.91. The molecule has 1 atom stereocenters.